The van der Waals surface area contributed by atoms with Crippen molar-refractivity contribution in [3.05, 3.63) is 29.3 Å². The van der Waals surface area contributed by atoms with Crippen LogP contribution in [0.4, 0.5) is 0 Å². The Kier molecular flexibility index (Phi) is 9.00. The Morgan fingerprint density at radius 2 is 1.91 bits per heavy atom. The molecule has 1 atom stereocenters. The predicted octanol–water partition coefficient (Wildman–Crippen LogP) is 0.699. The zero-order valence-corrected chi connectivity index (χ0v) is 15.9. The van der Waals surface area contributed by atoms with Gasteiger partial charge in [0.05, 0.1) is 0 Å². The van der Waals surface area contributed by atoms with Crippen molar-refractivity contribution >= 4 is 54.0 Å². The number of methoxy groups -OCH3 is 2. The van der Waals surface area contributed by atoms with E-state index in [0.717, 1.165) is 3.61 Å². The minimum atomic E-state index is -1.03. The van der Waals surface area contributed by atoms with Gasteiger partial charge in [-0.25, -0.2) is 0 Å². The fraction of sp³-hybridized carbons (Fsp3) is 0.400. The van der Waals surface area contributed by atoms with E-state index in [9.17, 15) is 14.4 Å². The molecular weight excluding hydrogens is 437 g/mol. The molecule has 0 fully saturated rings. The van der Waals surface area contributed by atoms with E-state index in [-0.39, 0.29) is 18.7 Å². The van der Waals surface area contributed by atoms with Gasteiger partial charge in [-0.05, 0) is 0 Å². The third kappa shape index (κ3) is 7.21. The molecule has 0 aliphatic carbocycles. The third-order valence-corrected chi connectivity index (χ3v) is 6.59. The van der Waals surface area contributed by atoms with Crippen molar-refractivity contribution in [2.45, 2.75) is 23.4 Å². The number of hydrogen-bond donors (Lipinski definition) is 1. The number of amides is 1. The van der Waals surface area contributed by atoms with Crippen LogP contribution in [0.5, 0.6) is 0 Å². The van der Waals surface area contributed by atoms with Crippen LogP contribution in [0.2, 0.25) is 9.49 Å². The van der Waals surface area contributed by atoms with Gasteiger partial charge < -0.3 is 0 Å². The van der Waals surface area contributed by atoms with Crippen LogP contribution >= 0.6 is 11.6 Å². The molecule has 126 valence electrons. The fourth-order valence-electron chi connectivity index (χ4n) is 1.67. The molecule has 6 nitrogen and oxygen atoms in total. The normalized spacial score (nSPS) is 11.4. The molecule has 1 aromatic carbocycles. The van der Waals surface area contributed by atoms with E-state index in [1.165, 1.54) is 14.2 Å². The summed E-state index contributed by atoms with van der Waals surface area (Å²) in [6.45, 7) is 0. The number of ether oxygens (including phenoxy) is 2. The molecule has 0 aromatic heterocycles. The number of esters is 2. The summed E-state index contributed by atoms with van der Waals surface area (Å²) in [6.07, 6.45) is 0.0122. The minimum absolute atomic E-state index is 0.254. The van der Waals surface area contributed by atoms with Gasteiger partial charge in [0.25, 0.3) is 0 Å². The summed E-state index contributed by atoms with van der Waals surface area (Å²) < 4.78 is 10.9. The van der Waals surface area contributed by atoms with Gasteiger partial charge in [-0.15, -0.1) is 0 Å². The summed E-state index contributed by atoms with van der Waals surface area (Å²) in [5.41, 5.74) is 0. The van der Waals surface area contributed by atoms with Crippen molar-refractivity contribution in [1.29, 1.82) is 0 Å². The van der Waals surface area contributed by atoms with Crippen molar-refractivity contribution in [2.75, 3.05) is 14.2 Å². The van der Waals surface area contributed by atoms with Crippen LogP contribution in [-0.2, 0) is 23.9 Å². The summed E-state index contributed by atoms with van der Waals surface area (Å²) in [5, 5.41) is 3.22. The van der Waals surface area contributed by atoms with Crippen LogP contribution < -0.4 is 8.93 Å². The average molecular weight is 455 g/mol. The molecule has 0 unspecified atom stereocenters. The van der Waals surface area contributed by atoms with Crippen molar-refractivity contribution in [3.8, 4) is 0 Å². The zero-order chi connectivity index (χ0) is 17.2. The standard InChI is InChI=1S/C15H18ClNO5Te/c1-21-14(19)9-11(15(20)22-2)17-13(18)7-8-23-12-6-4-3-5-10(12)16/h3-6,11H,7-9H2,1-2H3,(H,17,18)/t11-/m0/s1. The van der Waals surface area contributed by atoms with E-state index in [1.54, 1.807) is 0 Å². The van der Waals surface area contributed by atoms with Crippen molar-refractivity contribution in [3.63, 3.8) is 0 Å². The van der Waals surface area contributed by atoms with Crippen LogP contribution in [0.1, 0.15) is 12.8 Å². The third-order valence-electron chi connectivity index (χ3n) is 2.84. The molecule has 0 bridgehead atoms. The van der Waals surface area contributed by atoms with Gasteiger partial charge in [-0.2, -0.15) is 0 Å². The molecule has 1 amide bonds. The average Bonchev–Trinajstić information content (AvgIpc) is 2.55. The Morgan fingerprint density at radius 3 is 2.52 bits per heavy atom. The first-order valence-corrected chi connectivity index (χ1v) is 9.98. The predicted molar refractivity (Wildman–Crippen MR) is 86.8 cm³/mol. The second-order valence-electron chi connectivity index (χ2n) is 4.45. The van der Waals surface area contributed by atoms with Gasteiger partial charge in [-0.1, -0.05) is 0 Å². The Bertz CT molecular complexity index is 567. The number of nitrogens with one attached hydrogen (secondary N) is 1. The van der Waals surface area contributed by atoms with Crippen LogP contribution in [0.3, 0.4) is 0 Å². The Hall–Kier alpha value is -1.29. The van der Waals surface area contributed by atoms with E-state index in [0.29, 0.717) is 9.49 Å². The number of halogens is 1. The summed E-state index contributed by atoms with van der Waals surface area (Å²) in [6, 6.07) is 6.53. The molecule has 1 rings (SSSR count). The molecule has 8 heteroatoms. The molecular formula is C15H18ClNO5Te. The van der Waals surface area contributed by atoms with Crippen molar-refractivity contribution < 1.29 is 23.9 Å². The van der Waals surface area contributed by atoms with E-state index < -0.39 is 38.9 Å². The Balaban J connectivity index is 2.47. The van der Waals surface area contributed by atoms with Crippen LogP contribution in [0, 0.1) is 0 Å². The summed E-state index contributed by atoms with van der Waals surface area (Å²) in [5.74, 6) is -1.57. The van der Waals surface area contributed by atoms with Gasteiger partial charge in [0.2, 0.25) is 0 Å². The Labute approximate surface area is 149 Å². The molecule has 0 saturated carbocycles. The summed E-state index contributed by atoms with van der Waals surface area (Å²) in [4.78, 5) is 34.8. The molecule has 0 radical (unpaired) electrons. The maximum atomic E-state index is 11.9. The van der Waals surface area contributed by atoms with E-state index in [2.05, 4.69) is 14.8 Å². The molecule has 0 aliphatic heterocycles. The van der Waals surface area contributed by atoms with E-state index >= 15 is 0 Å². The number of carbonyl (C=O) groups is 3. The van der Waals surface area contributed by atoms with Gasteiger partial charge in [0.15, 0.2) is 0 Å². The molecule has 1 aromatic rings. The SMILES string of the molecule is COC(=O)C[C@H](NC(=O)CC[Te]c1ccccc1Cl)C(=O)OC. The fourth-order valence-corrected chi connectivity index (χ4v) is 4.70. The number of rotatable bonds is 8. The second kappa shape index (κ2) is 10.5. The topological polar surface area (TPSA) is 81.7 Å². The summed E-state index contributed by atoms with van der Waals surface area (Å²) >= 11 is 5.49. The number of carbonyl (C=O) groups excluding carboxylic acids is 3. The van der Waals surface area contributed by atoms with E-state index in [4.69, 9.17) is 11.6 Å². The Morgan fingerprint density at radius 1 is 1.22 bits per heavy atom. The van der Waals surface area contributed by atoms with Crippen LogP contribution in [0.15, 0.2) is 24.3 Å². The monoisotopic (exact) mass is 457 g/mol. The molecule has 0 saturated heterocycles. The first kappa shape index (κ1) is 19.8. The van der Waals surface area contributed by atoms with Crippen LogP contribution in [0.25, 0.3) is 0 Å². The molecule has 1 N–H and O–H groups in total. The summed E-state index contributed by atoms with van der Waals surface area (Å²) in [7, 11) is 2.41. The van der Waals surface area contributed by atoms with Crippen molar-refractivity contribution in [2.24, 2.45) is 0 Å². The molecule has 0 aliphatic rings. The van der Waals surface area contributed by atoms with Crippen LogP contribution in [-0.4, -0.2) is 59.0 Å². The van der Waals surface area contributed by atoms with Gasteiger partial charge in [0, 0.05) is 0 Å². The maximum absolute atomic E-state index is 11.9. The zero-order valence-electron chi connectivity index (χ0n) is 12.8. The van der Waals surface area contributed by atoms with Crippen molar-refractivity contribution in [1.82, 2.24) is 5.32 Å². The molecule has 23 heavy (non-hydrogen) atoms. The second-order valence-corrected chi connectivity index (χ2v) is 8.10. The van der Waals surface area contributed by atoms with E-state index in [1.807, 2.05) is 24.3 Å². The van der Waals surface area contributed by atoms with Gasteiger partial charge in [-0.3, -0.25) is 0 Å². The van der Waals surface area contributed by atoms with Gasteiger partial charge in [0.1, 0.15) is 0 Å². The first-order chi connectivity index (χ1) is 11.0. The van der Waals surface area contributed by atoms with Gasteiger partial charge >= 0.3 is 150 Å². The quantitative estimate of drug-likeness (QED) is 0.461. The first-order valence-electron chi connectivity index (χ1n) is 6.79. The number of hydrogen-bond acceptors (Lipinski definition) is 5. The number of benzene rings is 1. The molecule has 0 spiro atoms. The molecule has 0 heterocycles.